The lowest BCUT2D eigenvalue weighted by Crippen LogP contribution is -2.51. The van der Waals surface area contributed by atoms with Gasteiger partial charge < -0.3 is 15.0 Å². The molecule has 1 heterocycles. The lowest BCUT2D eigenvalue weighted by atomic mass is 10.2. The summed E-state index contributed by atoms with van der Waals surface area (Å²) in [6.07, 6.45) is 0. The highest BCUT2D eigenvalue weighted by Gasteiger charge is 2.28. The molecule has 1 atom stereocenters. The van der Waals surface area contributed by atoms with Crippen LogP contribution in [0.4, 0.5) is 0 Å². The van der Waals surface area contributed by atoms with Gasteiger partial charge in [-0.3, -0.25) is 9.59 Å². The van der Waals surface area contributed by atoms with Gasteiger partial charge in [-0.1, -0.05) is 30.3 Å². The topological polar surface area (TPSA) is 92.8 Å². The minimum atomic E-state index is -3.06. The molecule has 1 fully saturated rings. The van der Waals surface area contributed by atoms with Gasteiger partial charge >= 0.3 is 0 Å². The molecule has 0 spiro atoms. The van der Waals surface area contributed by atoms with E-state index in [1.807, 2.05) is 30.3 Å². The summed E-state index contributed by atoms with van der Waals surface area (Å²) in [6.45, 7) is 2.35. The van der Waals surface area contributed by atoms with Crippen LogP contribution in [0.15, 0.2) is 54.6 Å². The van der Waals surface area contributed by atoms with Crippen molar-refractivity contribution in [2.75, 3.05) is 24.6 Å². The number of hydrogen-bond acceptors (Lipinski definition) is 5. The zero-order chi connectivity index (χ0) is 20.9. The number of ether oxygens (including phenoxy) is 1. The standard InChI is InChI=1S/C21H24N2O5S/c1-16(21(25)23-11-13-29(26,27)14-12-23)22-20(24)18-7-9-19(10-8-18)28-15-17-5-3-2-4-6-17/h2-10,16H,11-15H2,1H3,(H,22,24). The number of nitrogens with one attached hydrogen (secondary N) is 1. The van der Waals surface area contributed by atoms with Crippen molar-refractivity contribution in [3.8, 4) is 5.75 Å². The maximum absolute atomic E-state index is 12.4. The largest absolute Gasteiger partial charge is 0.489 e. The third kappa shape index (κ3) is 5.80. The molecule has 29 heavy (non-hydrogen) atoms. The molecule has 3 rings (SSSR count). The molecule has 0 saturated carbocycles. The third-order valence-corrected chi connectivity index (χ3v) is 6.35. The summed E-state index contributed by atoms with van der Waals surface area (Å²) < 4.78 is 28.7. The summed E-state index contributed by atoms with van der Waals surface area (Å²) in [6, 6.07) is 15.7. The van der Waals surface area contributed by atoms with Gasteiger partial charge in [-0.25, -0.2) is 8.42 Å². The smallest absolute Gasteiger partial charge is 0.251 e. The van der Waals surface area contributed by atoms with Gasteiger partial charge in [0.1, 0.15) is 18.4 Å². The van der Waals surface area contributed by atoms with Gasteiger partial charge in [0.25, 0.3) is 5.91 Å². The van der Waals surface area contributed by atoms with E-state index >= 15 is 0 Å². The highest BCUT2D eigenvalue weighted by atomic mass is 32.2. The van der Waals surface area contributed by atoms with Crippen LogP contribution in [0.3, 0.4) is 0 Å². The van der Waals surface area contributed by atoms with Gasteiger partial charge in [-0.05, 0) is 36.8 Å². The van der Waals surface area contributed by atoms with Crippen LogP contribution in [0, 0.1) is 0 Å². The van der Waals surface area contributed by atoms with Crippen molar-refractivity contribution < 1.29 is 22.7 Å². The molecule has 0 aliphatic carbocycles. The minimum Gasteiger partial charge on any atom is -0.489 e. The molecule has 154 valence electrons. The molecule has 0 aromatic heterocycles. The fourth-order valence-electron chi connectivity index (χ4n) is 2.99. The summed E-state index contributed by atoms with van der Waals surface area (Å²) in [5.41, 5.74) is 1.46. The maximum atomic E-state index is 12.4. The van der Waals surface area contributed by atoms with Crippen molar-refractivity contribution in [1.29, 1.82) is 0 Å². The molecule has 1 aliphatic rings. The number of nitrogens with zero attached hydrogens (tertiary/aromatic N) is 1. The normalized spacial score (nSPS) is 16.7. The van der Waals surface area contributed by atoms with E-state index in [0.717, 1.165) is 5.56 Å². The number of hydrogen-bond donors (Lipinski definition) is 1. The number of carbonyl (C=O) groups is 2. The summed E-state index contributed by atoms with van der Waals surface area (Å²) in [4.78, 5) is 26.3. The van der Waals surface area contributed by atoms with Crippen LogP contribution in [-0.2, 0) is 21.2 Å². The molecule has 7 nitrogen and oxygen atoms in total. The van der Waals surface area contributed by atoms with Crippen molar-refractivity contribution in [2.24, 2.45) is 0 Å². The lowest BCUT2D eigenvalue weighted by molar-refractivity contribution is -0.132. The zero-order valence-corrected chi connectivity index (χ0v) is 17.0. The van der Waals surface area contributed by atoms with Gasteiger partial charge in [0, 0.05) is 18.7 Å². The second kappa shape index (κ2) is 9.09. The van der Waals surface area contributed by atoms with Gasteiger partial charge in [-0.2, -0.15) is 0 Å². The minimum absolute atomic E-state index is 0.0378. The van der Waals surface area contributed by atoms with Crippen LogP contribution < -0.4 is 10.1 Å². The van der Waals surface area contributed by atoms with Crippen molar-refractivity contribution in [1.82, 2.24) is 10.2 Å². The van der Waals surface area contributed by atoms with Gasteiger partial charge in [0.05, 0.1) is 11.5 Å². The van der Waals surface area contributed by atoms with Crippen LogP contribution in [0.25, 0.3) is 0 Å². The Kier molecular flexibility index (Phi) is 6.53. The van der Waals surface area contributed by atoms with E-state index in [9.17, 15) is 18.0 Å². The number of carbonyl (C=O) groups excluding carboxylic acids is 2. The maximum Gasteiger partial charge on any atom is 0.251 e. The molecule has 1 unspecified atom stereocenters. The quantitative estimate of drug-likeness (QED) is 0.773. The van der Waals surface area contributed by atoms with Crippen molar-refractivity contribution >= 4 is 21.7 Å². The Hall–Kier alpha value is -2.87. The van der Waals surface area contributed by atoms with Gasteiger partial charge in [0.15, 0.2) is 9.84 Å². The number of sulfone groups is 1. The Bertz CT molecular complexity index is 944. The van der Waals surface area contributed by atoms with Crippen LogP contribution in [0.1, 0.15) is 22.8 Å². The summed E-state index contributed by atoms with van der Waals surface area (Å²) >= 11 is 0. The average molecular weight is 416 g/mol. The van der Waals surface area contributed by atoms with Crippen molar-refractivity contribution in [2.45, 2.75) is 19.6 Å². The summed E-state index contributed by atoms with van der Waals surface area (Å²) in [5.74, 6) is -0.0848. The molecule has 1 aliphatic heterocycles. The Labute approximate surface area is 170 Å². The van der Waals surface area contributed by atoms with E-state index in [4.69, 9.17) is 4.74 Å². The first kappa shape index (κ1) is 20.9. The number of benzene rings is 2. The first-order chi connectivity index (χ1) is 13.8. The van der Waals surface area contributed by atoms with Crippen LogP contribution in [-0.4, -0.2) is 55.8 Å². The van der Waals surface area contributed by atoms with E-state index in [2.05, 4.69) is 5.32 Å². The monoisotopic (exact) mass is 416 g/mol. The third-order valence-electron chi connectivity index (χ3n) is 4.74. The summed E-state index contributed by atoms with van der Waals surface area (Å²) in [7, 11) is -3.06. The van der Waals surface area contributed by atoms with E-state index < -0.39 is 15.9 Å². The molecule has 0 bridgehead atoms. The highest BCUT2D eigenvalue weighted by molar-refractivity contribution is 7.91. The van der Waals surface area contributed by atoms with E-state index in [1.54, 1.807) is 31.2 Å². The zero-order valence-electron chi connectivity index (χ0n) is 16.2. The van der Waals surface area contributed by atoms with E-state index in [-0.39, 0.29) is 36.4 Å². The van der Waals surface area contributed by atoms with Gasteiger partial charge in [-0.15, -0.1) is 0 Å². The Morgan fingerprint density at radius 1 is 1.03 bits per heavy atom. The SMILES string of the molecule is CC(NC(=O)c1ccc(OCc2ccccc2)cc1)C(=O)N1CCS(=O)(=O)CC1. The Balaban J connectivity index is 1.51. The first-order valence-electron chi connectivity index (χ1n) is 9.41. The molecule has 1 N–H and O–H groups in total. The Morgan fingerprint density at radius 2 is 1.66 bits per heavy atom. The molecular formula is C21H24N2O5S. The first-order valence-corrected chi connectivity index (χ1v) is 11.2. The summed E-state index contributed by atoms with van der Waals surface area (Å²) in [5, 5.41) is 2.67. The second-order valence-electron chi connectivity index (χ2n) is 6.97. The average Bonchev–Trinajstić information content (AvgIpc) is 2.73. The fraction of sp³-hybridized carbons (Fsp3) is 0.333. The van der Waals surface area contributed by atoms with E-state index in [1.165, 1.54) is 4.90 Å². The predicted octanol–water partition coefficient (Wildman–Crippen LogP) is 1.64. The molecule has 0 radical (unpaired) electrons. The number of rotatable bonds is 6. The molecular weight excluding hydrogens is 392 g/mol. The fourth-order valence-corrected chi connectivity index (χ4v) is 4.19. The predicted molar refractivity (Wildman–Crippen MR) is 109 cm³/mol. The van der Waals surface area contributed by atoms with Crippen LogP contribution in [0.2, 0.25) is 0 Å². The van der Waals surface area contributed by atoms with Crippen LogP contribution in [0.5, 0.6) is 5.75 Å². The number of amides is 2. The highest BCUT2D eigenvalue weighted by Crippen LogP contribution is 2.15. The van der Waals surface area contributed by atoms with E-state index in [0.29, 0.717) is 17.9 Å². The van der Waals surface area contributed by atoms with Crippen LogP contribution >= 0.6 is 0 Å². The molecule has 2 amide bonds. The molecule has 8 heteroatoms. The molecule has 2 aromatic carbocycles. The molecule has 2 aromatic rings. The Morgan fingerprint density at radius 3 is 2.28 bits per heavy atom. The lowest BCUT2D eigenvalue weighted by Gasteiger charge is -2.29. The second-order valence-corrected chi connectivity index (χ2v) is 9.27. The van der Waals surface area contributed by atoms with Crippen molar-refractivity contribution in [3.05, 3.63) is 65.7 Å². The molecule has 1 saturated heterocycles. The van der Waals surface area contributed by atoms with Gasteiger partial charge in [0.2, 0.25) is 5.91 Å². The van der Waals surface area contributed by atoms with Crippen molar-refractivity contribution in [3.63, 3.8) is 0 Å².